The van der Waals surface area contributed by atoms with Crippen LogP contribution in [0.5, 0.6) is 0 Å². The van der Waals surface area contributed by atoms with Crippen LogP contribution in [0.25, 0.3) is 0 Å². The maximum Gasteiger partial charge on any atom is 0.305 e. The smallest absolute Gasteiger partial charge is 0.305 e. The molecule has 0 aromatic heterocycles. The summed E-state index contributed by atoms with van der Waals surface area (Å²) in [6.07, 6.45) is 4.62. The zero-order chi connectivity index (χ0) is 12.2. The molecule has 2 N–H and O–H groups in total. The molecule has 0 amide bonds. The van der Waals surface area contributed by atoms with Gasteiger partial charge in [-0.1, -0.05) is 20.8 Å². The molecule has 0 unspecified atom stereocenters. The summed E-state index contributed by atoms with van der Waals surface area (Å²) in [7, 11) is 0. The molecule has 1 aliphatic rings. The fraction of sp³-hybridized carbons (Fsp3) is 0.923. The van der Waals surface area contributed by atoms with E-state index in [-0.39, 0.29) is 12.0 Å². The van der Waals surface area contributed by atoms with Crippen LogP contribution < -0.4 is 5.32 Å². The second kappa shape index (κ2) is 5.67. The van der Waals surface area contributed by atoms with E-state index in [0.717, 1.165) is 44.1 Å². The van der Waals surface area contributed by atoms with E-state index >= 15 is 0 Å². The van der Waals surface area contributed by atoms with Gasteiger partial charge in [0.2, 0.25) is 0 Å². The van der Waals surface area contributed by atoms with E-state index in [1.165, 1.54) is 0 Å². The molecular weight excluding hydrogens is 202 g/mol. The van der Waals surface area contributed by atoms with Crippen molar-refractivity contribution < 1.29 is 9.90 Å². The highest BCUT2D eigenvalue weighted by Crippen LogP contribution is 2.37. The van der Waals surface area contributed by atoms with E-state index in [9.17, 15) is 4.79 Å². The fourth-order valence-corrected chi connectivity index (χ4v) is 2.94. The van der Waals surface area contributed by atoms with Gasteiger partial charge in [-0.15, -0.1) is 0 Å². The van der Waals surface area contributed by atoms with Gasteiger partial charge in [-0.05, 0) is 44.1 Å². The van der Waals surface area contributed by atoms with Crippen LogP contribution in [-0.2, 0) is 4.79 Å². The molecule has 3 heteroatoms. The number of aliphatic carboxylic acids is 1. The average molecular weight is 227 g/mol. The summed E-state index contributed by atoms with van der Waals surface area (Å²) >= 11 is 0. The predicted molar refractivity (Wildman–Crippen MR) is 65.5 cm³/mol. The average Bonchev–Trinajstić information content (AvgIpc) is 2.17. The van der Waals surface area contributed by atoms with Gasteiger partial charge in [-0.25, -0.2) is 0 Å². The van der Waals surface area contributed by atoms with E-state index in [0.29, 0.717) is 0 Å². The molecule has 1 fully saturated rings. The van der Waals surface area contributed by atoms with Crippen molar-refractivity contribution in [3.05, 3.63) is 0 Å². The zero-order valence-electron chi connectivity index (χ0n) is 10.8. The molecule has 3 nitrogen and oxygen atoms in total. The molecule has 0 spiro atoms. The molecule has 94 valence electrons. The minimum Gasteiger partial charge on any atom is -0.481 e. The number of rotatable bonds is 5. The Morgan fingerprint density at radius 3 is 2.38 bits per heavy atom. The SMILES string of the molecule is CCNC1(CC(=O)O)CCC(C(C)C)CC1. The first-order valence-corrected chi connectivity index (χ1v) is 6.46. The third kappa shape index (κ3) is 3.48. The summed E-state index contributed by atoms with van der Waals surface area (Å²) in [6.45, 7) is 7.45. The van der Waals surface area contributed by atoms with Crippen molar-refractivity contribution in [1.29, 1.82) is 0 Å². The number of hydrogen-bond acceptors (Lipinski definition) is 2. The molecular formula is C13H25NO2. The van der Waals surface area contributed by atoms with Crippen molar-refractivity contribution in [2.45, 2.75) is 58.4 Å². The Kier molecular flexibility index (Phi) is 4.78. The number of carbonyl (C=O) groups is 1. The second-order valence-corrected chi connectivity index (χ2v) is 5.46. The first kappa shape index (κ1) is 13.5. The van der Waals surface area contributed by atoms with Crippen molar-refractivity contribution in [2.24, 2.45) is 11.8 Å². The third-order valence-corrected chi connectivity index (χ3v) is 3.97. The first-order valence-electron chi connectivity index (χ1n) is 6.46. The standard InChI is InChI=1S/C13H25NO2/c1-4-14-13(9-12(15)16)7-5-11(6-8-13)10(2)3/h10-11,14H,4-9H2,1-3H3,(H,15,16). The van der Waals surface area contributed by atoms with Crippen molar-refractivity contribution in [2.75, 3.05) is 6.54 Å². The number of carboxylic acid groups (broad SMARTS) is 1. The van der Waals surface area contributed by atoms with Gasteiger partial charge >= 0.3 is 5.97 Å². The van der Waals surface area contributed by atoms with E-state index in [2.05, 4.69) is 26.1 Å². The van der Waals surface area contributed by atoms with E-state index < -0.39 is 5.97 Å². The Morgan fingerprint density at radius 2 is 2.00 bits per heavy atom. The topological polar surface area (TPSA) is 49.3 Å². The normalized spacial score (nSPS) is 30.6. The zero-order valence-corrected chi connectivity index (χ0v) is 10.8. The Morgan fingerprint density at radius 1 is 1.44 bits per heavy atom. The van der Waals surface area contributed by atoms with Crippen LogP contribution >= 0.6 is 0 Å². The third-order valence-electron chi connectivity index (χ3n) is 3.97. The van der Waals surface area contributed by atoms with Crippen LogP contribution in [0.1, 0.15) is 52.9 Å². The summed E-state index contributed by atoms with van der Waals surface area (Å²) in [5, 5.41) is 12.4. The van der Waals surface area contributed by atoms with Gasteiger partial charge in [-0.2, -0.15) is 0 Å². The van der Waals surface area contributed by atoms with Crippen LogP contribution in [0.4, 0.5) is 0 Å². The molecule has 1 aliphatic carbocycles. The molecule has 0 atom stereocenters. The van der Waals surface area contributed by atoms with Crippen LogP contribution in [0.15, 0.2) is 0 Å². The molecule has 0 bridgehead atoms. The van der Waals surface area contributed by atoms with Gasteiger partial charge in [0, 0.05) is 5.54 Å². The highest BCUT2D eigenvalue weighted by Gasteiger charge is 2.36. The summed E-state index contributed by atoms with van der Waals surface area (Å²) < 4.78 is 0. The summed E-state index contributed by atoms with van der Waals surface area (Å²) in [5.74, 6) is 0.828. The Labute approximate surface area is 98.6 Å². The molecule has 0 aliphatic heterocycles. The van der Waals surface area contributed by atoms with Crippen molar-refractivity contribution in [3.8, 4) is 0 Å². The largest absolute Gasteiger partial charge is 0.481 e. The Bertz CT molecular complexity index is 230. The molecule has 0 aromatic rings. The van der Waals surface area contributed by atoms with E-state index in [1.807, 2.05) is 0 Å². The van der Waals surface area contributed by atoms with E-state index in [4.69, 9.17) is 5.11 Å². The maximum absolute atomic E-state index is 10.9. The molecule has 0 aromatic carbocycles. The molecule has 1 saturated carbocycles. The van der Waals surface area contributed by atoms with Gasteiger partial charge in [0.05, 0.1) is 6.42 Å². The maximum atomic E-state index is 10.9. The van der Waals surface area contributed by atoms with Gasteiger partial charge in [-0.3, -0.25) is 4.79 Å². The second-order valence-electron chi connectivity index (χ2n) is 5.46. The van der Waals surface area contributed by atoms with Crippen LogP contribution in [0.2, 0.25) is 0 Å². The minimum absolute atomic E-state index is 0.133. The Balaban J connectivity index is 2.58. The molecule has 0 heterocycles. The highest BCUT2D eigenvalue weighted by molar-refractivity contribution is 5.68. The van der Waals surface area contributed by atoms with Gasteiger partial charge in [0.1, 0.15) is 0 Å². The highest BCUT2D eigenvalue weighted by atomic mass is 16.4. The lowest BCUT2D eigenvalue weighted by Gasteiger charge is -2.41. The lowest BCUT2D eigenvalue weighted by Crippen LogP contribution is -2.49. The minimum atomic E-state index is -0.677. The fourth-order valence-electron chi connectivity index (χ4n) is 2.94. The summed E-state index contributed by atoms with van der Waals surface area (Å²) in [5.41, 5.74) is -0.133. The summed E-state index contributed by atoms with van der Waals surface area (Å²) in [4.78, 5) is 10.9. The summed E-state index contributed by atoms with van der Waals surface area (Å²) in [6, 6.07) is 0. The number of hydrogen-bond donors (Lipinski definition) is 2. The van der Waals surface area contributed by atoms with Crippen molar-refractivity contribution in [1.82, 2.24) is 5.32 Å². The van der Waals surface area contributed by atoms with Crippen LogP contribution in [0.3, 0.4) is 0 Å². The number of carboxylic acids is 1. The van der Waals surface area contributed by atoms with E-state index in [1.54, 1.807) is 0 Å². The molecule has 1 rings (SSSR count). The van der Waals surface area contributed by atoms with Gasteiger partial charge in [0.25, 0.3) is 0 Å². The molecule has 16 heavy (non-hydrogen) atoms. The van der Waals surface area contributed by atoms with Crippen LogP contribution in [-0.4, -0.2) is 23.2 Å². The molecule has 0 saturated heterocycles. The predicted octanol–water partition coefficient (Wildman–Crippen LogP) is 2.66. The quantitative estimate of drug-likeness (QED) is 0.759. The monoisotopic (exact) mass is 227 g/mol. The van der Waals surface area contributed by atoms with Gasteiger partial charge in [0.15, 0.2) is 0 Å². The van der Waals surface area contributed by atoms with Crippen LogP contribution in [0, 0.1) is 11.8 Å². The van der Waals surface area contributed by atoms with Crippen molar-refractivity contribution in [3.63, 3.8) is 0 Å². The number of nitrogens with one attached hydrogen (secondary N) is 1. The lowest BCUT2D eigenvalue weighted by atomic mass is 9.71. The van der Waals surface area contributed by atoms with Gasteiger partial charge < -0.3 is 10.4 Å². The lowest BCUT2D eigenvalue weighted by molar-refractivity contribution is -0.139. The van der Waals surface area contributed by atoms with Crippen molar-refractivity contribution >= 4 is 5.97 Å². The Hall–Kier alpha value is -0.570. The molecule has 0 radical (unpaired) electrons. The first-order chi connectivity index (χ1) is 7.49.